The molecule has 8 heteroatoms. The quantitative estimate of drug-likeness (QED) is 0.107. The van der Waals surface area contributed by atoms with E-state index in [1.807, 2.05) is 0 Å². The van der Waals surface area contributed by atoms with Crippen molar-refractivity contribution in [1.29, 1.82) is 0 Å². The minimum absolute atomic E-state index is 0.0212. The Morgan fingerprint density at radius 1 is 0.500 bits per heavy atom. The number of hydrogen-bond donors (Lipinski definition) is 4. The minimum atomic E-state index is 0.0212. The number of fused-ring (bicyclic) bond motifs is 10. The molecule has 0 spiro atoms. The molecule has 2 saturated heterocycles. The highest BCUT2D eigenvalue weighted by Gasteiger charge is 2.44. The molecule has 4 bridgehead atoms. The van der Waals surface area contributed by atoms with Gasteiger partial charge in [-0.2, -0.15) is 0 Å². The van der Waals surface area contributed by atoms with Gasteiger partial charge in [-0.05, 0) is 164 Å². The first-order valence-corrected chi connectivity index (χ1v) is 24.2. The fraction of sp³-hybridized carbons (Fsp3) is 0.720. The lowest BCUT2D eigenvalue weighted by Gasteiger charge is -2.31. The van der Waals surface area contributed by atoms with E-state index < -0.39 is 0 Å². The molecule has 0 radical (unpaired) electrons. The van der Waals surface area contributed by atoms with Gasteiger partial charge in [-0.25, -0.2) is 9.59 Å². The number of amides is 4. The largest absolute Gasteiger partial charge is 0.336 e. The highest BCUT2D eigenvalue weighted by molar-refractivity contribution is 5.75. The number of nitrogens with zero attached hydrogens (tertiary/aromatic N) is 2. The van der Waals surface area contributed by atoms with Crippen molar-refractivity contribution in [3.63, 3.8) is 0 Å². The van der Waals surface area contributed by atoms with E-state index in [2.05, 4.69) is 93.4 Å². The molecule has 6 atom stereocenters. The maximum Gasteiger partial charge on any atom is 0.315 e. The molecular formula is C50H76N6O2. The van der Waals surface area contributed by atoms with Gasteiger partial charge < -0.3 is 21.3 Å². The number of carbonyl (C=O) groups is 2. The topological polar surface area (TPSA) is 88.7 Å². The monoisotopic (exact) mass is 793 g/mol. The van der Waals surface area contributed by atoms with E-state index in [1.54, 1.807) is 22.3 Å². The zero-order chi connectivity index (χ0) is 39.8. The Labute approximate surface area is 350 Å². The molecule has 4 aliphatic heterocycles. The summed E-state index contributed by atoms with van der Waals surface area (Å²) in [5, 5.41) is 13.0. The number of benzene rings is 2. The third-order valence-corrected chi connectivity index (χ3v) is 15.7. The van der Waals surface area contributed by atoms with Gasteiger partial charge in [0.2, 0.25) is 0 Å². The van der Waals surface area contributed by atoms with Crippen molar-refractivity contribution in [2.24, 2.45) is 11.8 Å². The number of urea groups is 2. The van der Waals surface area contributed by atoms with Gasteiger partial charge in [-0.15, -0.1) is 0 Å². The molecule has 2 aromatic rings. The van der Waals surface area contributed by atoms with Crippen LogP contribution in [0.2, 0.25) is 0 Å². The van der Waals surface area contributed by atoms with E-state index in [9.17, 15) is 9.59 Å². The average Bonchev–Trinajstić information content (AvgIpc) is 3.99. The standard InChI is InChI=1S/C50H76N6O2/c1-35(51-49(57)53-39-23-19-37(20-24-39)31-33-55-45-27-28-46(55)42-16-10-9-15-41(42)45)13-7-5-3-4-6-8-14-36(2)52-50(58)54-40-25-21-38(22-26-40)32-34-56-47-29-30-48(56)44-18-12-11-17-43(44)47/h9-12,15-18,35-40,45-48H,3-8,13-14,19-34H2,1-2H3,(H2,51,53,57)(H2,52,54,58)/t35?,36?,37?,38?,39?,40?,45-,46+,47-,48+. The Balaban J connectivity index is 0.593. The predicted molar refractivity (Wildman–Crippen MR) is 236 cm³/mol. The predicted octanol–water partition coefficient (Wildman–Crippen LogP) is 11.2. The Morgan fingerprint density at radius 2 is 0.828 bits per heavy atom. The summed E-state index contributed by atoms with van der Waals surface area (Å²) in [5.74, 6) is 1.58. The van der Waals surface area contributed by atoms with Crippen LogP contribution in [0.4, 0.5) is 9.59 Å². The van der Waals surface area contributed by atoms with Crippen LogP contribution < -0.4 is 21.3 Å². The summed E-state index contributed by atoms with van der Waals surface area (Å²) in [6.07, 6.45) is 26.6. The van der Waals surface area contributed by atoms with Crippen LogP contribution in [0.5, 0.6) is 0 Å². The number of rotatable bonds is 19. The molecule has 8 nitrogen and oxygen atoms in total. The molecule has 0 aromatic heterocycles. The van der Waals surface area contributed by atoms with Gasteiger partial charge in [0, 0.05) is 48.3 Å². The molecule has 6 aliphatic rings. The maximum atomic E-state index is 12.8. The fourth-order valence-electron chi connectivity index (χ4n) is 12.4. The molecule has 318 valence electrons. The zero-order valence-corrected chi connectivity index (χ0v) is 36.1. The molecule has 2 aliphatic carbocycles. The Kier molecular flexibility index (Phi) is 14.3. The van der Waals surface area contributed by atoms with Crippen LogP contribution in [0.1, 0.15) is 202 Å². The summed E-state index contributed by atoms with van der Waals surface area (Å²) in [6, 6.07) is 21.9. The van der Waals surface area contributed by atoms with E-state index in [1.165, 1.54) is 103 Å². The molecule has 2 aromatic carbocycles. The van der Waals surface area contributed by atoms with E-state index >= 15 is 0 Å². The lowest BCUT2D eigenvalue weighted by Crippen LogP contribution is -2.46. The summed E-state index contributed by atoms with van der Waals surface area (Å²) in [7, 11) is 0. The van der Waals surface area contributed by atoms with E-state index in [4.69, 9.17) is 0 Å². The highest BCUT2D eigenvalue weighted by atomic mass is 16.2. The third kappa shape index (κ3) is 10.3. The average molecular weight is 793 g/mol. The van der Waals surface area contributed by atoms with Crippen molar-refractivity contribution in [3.8, 4) is 0 Å². The molecule has 2 saturated carbocycles. The van der Waals surface area contributed by atoms with Crippen LogP contribution in [-0.2, 0) is 0 Å². The third-order valence-electron chi connectivity index (χ3n) is 15.7. The normalized spacial score (nSPS) is 29.8. The van der Waals surface area contributed by atoms with Crippen molar-refractivity contribution in [3.05, 3.63) is 70.8 Å². The van der Waals surface area contributed by atoms with Gasteiger partial charge in [0.1, 0.15) is 0 Å². The number of nitrogens with one attached hydrogen (secondary N) is 4. The summed E-state index contributed by atoms with van der Waals surface area (Å²) >= 11 is 0. The Hall–Kier alpha value is -3.10. The van der Waals surface area contributed by atoms with Gasteiger partial charge in [-0.3, -0.25) is 9.80 Å². The van der Waals surface area contributed by atoms with E-state index in [0.717, 1.165) is 63.2 Å². The van der Waals surface area contributed by atoms with Gasteiger partial charge in [0.15, 0.2) is 0 Å². The van der Waals surface area contributed by atoms with Crippen LogP contribution in [-0.4, -0.2) is 59.1 Å². The van der Waals surface area contributed by atoms with Crippen LogP contribution in [0.3, 0.4) is 0 Å². The summed E-state index contributed by atoms with van der Waals surface area (Å²) in [5.41, 5.74) is 6.35. The smallest absolute Gasteiger partial charge is 0.315 e. The van der Waals surface area contributed by atoms with Gasteiger partial charge in [0.25, 0.3) is 0 Å². The molecular weight excluding hydrogens is 717 g/mol. The molecule has 4 N–H and O–H groups in total. The molecule has 8 rings (SSSR count). The van der Waals surface area contributed by atoms with Gasteiger partial charge >= 0.3 is 12.1 Å². The molecule has 4 heterocycles. The van der Waals surface area contributed by atoms with Crippen LogP contribution in [0.15, 0.2) is 48.5 Å². The minimum Gasteiger partial charge on any atom is -0.336 e. The first-order chi connectivity index (χ1) is 28.4. The number of carbonyl (C=O) groups excluding carboxylic acids is 2. The lowest BCUT2D eigenvalue weighted by atomic mass is 9.84. The van der Waals surface area contributed by atoms with Gasteiger partial charge in [0.05, 0.1) is 0 Å². The molecule has 4 fully saturated rings. The zero-order valence-electron chi connectivity index (χ0n) is 36.1. The van der Waals surface area contributed by atoms with Crippen molar-refractivity contribution in [1.82, 2.24) is 31.1 Å². The SMILES string of the molecule is CC(CCCCCCCCC(C)NC(=O)NC1CCC(CCN2[C@@H]3CC[C@H]2c2ccccc23)CC1)NC(=O)NC1CCC(CCN2[C@@H]3CC[C@H]2c2ccccc23)CC1. The van der Waals surface area contributed by atoms with Crippen LogP contribution >= 0.6 is 0 Å². The van der Waals surface area contributed by atoms with Crippen LogP contribution in [0.25, 0.3) is 0 Å². The Bertz CT molecular complexity index is 1450. The van der Waals surface area contributed by atoms with E-state index in [-0.39, 0.29) is 24.1 Å². The van der Waals surface area contributed by atoms with Crippen molar-refractivity contribution >= 4 is 12.1 Å². The van der Waals surface area contributed by atoms with Crippen molar-refractivity contribution in [2.75, 3.05) is 13.1 Å². The second-order valence-corrected chi connectivity index (χ2v) is 19.7. The highest BCUT2D eigenvalue weighted by Crippen LogP contribution is 2.54. The number of unbranched alkanes of at least 4 members (excludes halogenated alkanes) is 5. The van der Waals surface area contributed by atoms with Gasteiger partial charge in [-0.1, -0.05) is 87.1 Å². The van der Waals surface area contributed by atoms with Crippen LogP contribution in [0, 0.1) is 11.8 Å². The second kappa shape index (κ2) is 20.0. The maximum absolute atomic E-state index is 12.8. The van der Waals surface area contributed by atoms with Crippen molar-refractivity contribution in [2.45, 2.75) is 203 Å². The Morgan fingerprint density at radius 3 is 1.17 bits per heavy atom. The first kappa shape index (κ1) is 41.6. The lowest BCUT2D eigenvalue weighted by molar-refractivity contribution is 0.185. The van der Waals surface area contributed by atoms with Crippen molar-refractivity contribution < 1.29 is 9.59 Å². The summed E-state index contributed by atoms with van der Waals surface area (Å²) in [6.45, 7) is 6.74. The summed E-state index contributed by atoms with van der Waals surface area (Å²) < 4.78 is 0. The molecule has 2 unspecified atom stereocenters. The summed E-state index contributed by atoms with van der Waals surface area (Å²) in [4.78, 5) is 31.1. The molecule has 58 heavy (non-hydrogen) atoms. The molecule has 4 amide bonds. The van der Waals surface area contributed by atoms with E-state index in [0.29, 0.717) is 36.3 Å². The second-order valence-electron chi connectivity index (χ2n) is 19.7. The number of hydrogen-bond acceptors (Lipinski definition) is 4. The first-order valence-electron chi connectivity index (χ1n) is 24.2. The fourth-order valence-corrected chi connectivity index (χ4v) is 12.4.